The van der Waals surface area contributed by atoms with Crippen LogP contribution in [0.1, 0.15) is 46.6 Å². The lowest BCUT2D eigenvalue weighted by Crippen LogP contribution is -2.52. The van der Waals surface area contributed by atoms with E-state index in [4.69, 9.17) is 14.9 Å². The molecule has 0 aliphatic heterocycles. The number of nitrogens with zero attached hydrogens (tertiary/aromatic N) is 2. The standard InChI is InChI=1S/C18H25N3O4/c1-10(2)15(16(19)22)21(18(23)24-11(3)4)12(5)17-20-13-8-6-7-9-14(13)25-17/h6-12,15H,1-5H3,(H2,19,22)/t12?,15-/m0/s1. The summed E-state index contributed by atoms with van der Waals surface area (Å²) in [5, 5.41) is 0. The molecule has 2 rings (SSSR count). The number of hydrogen-bond donors (Lipinski definition) is 1. The maximum absolute atomic E-state index is 12.7. The van der Waals surface area contributed by atoms with Crippen LogP contribution in [0, 0.1) is 5.92 Å². The molecule has 2 N–H and O–H groups in total. The van der Waals surface area contributed by atoms with Crippen molar-refractivity contribution >= 4 is 23.1 Å². The predicted octanol–water partition coefficient (Wildman–Crippen LogP) is 3.25. The summed E-state index contributed by atoms with van der Waals surface area (Å²) in [5.74, 6) is -0.462. The number of benzene rings is 1. The molecule has 0 fully saturated rings. The van der Waals surface area contributed by atoms with Crippen molar-refractivity contribution in [3.8, 4) is 0 Å². The van der Waals surface area contributed by atoms with Gasteiger partial charge in [0.05, 0.1) is 6.10 Å². The van der Waals surface area contributed by atoms with E-state index in [0.717, 1.165) is 0 Å². The van der Waals surface area contributed by atoms with E-state index in [1.54, 1.807) is 26.8 Å². The average molecular weight is 347 g/mol. The fourth-order valence-electron chi connectivity index (χ4n) is 2.75. The number of fused-ring (bicyclic) bond motifs is 1. The van der Waals surface area contributed by atoms with E-state index in [1.807, 2.05) is 32.0 Å². The first-order valence-electron chi connectivity index (χ1n) is 8.36. The summed E-state index contributed by atoms with van der Waals surface area (Å²) in [5.41, 5.74) is 6.85. The van der Waals surface area contributed by atoms with Crippen LogP contribution in [0.4, 0.5) is 4.79 Å². The van der Waals surface area contributed by atoms with Crippen LogP contribution >= 0.6 is 0 Å². The van der Waals surface area contributed by atoms with Crippen LogP contribution in [-0.4, -0.2) is 34.0 Å². The lowest BCUT2D eigenvalue weighted by Gasteiger charge is -2.35. The number of para-hydroxylation sites is 2. The number of primary amides is 1. The molecule has 2 aromatic rings. The minimum absolute atomic E-state index is 0.191. The van der Waals surface area contributed by atoms with E-state index in [2.05, 4.69) is 4.98 Å². The van der Waals surface area contributed by atoms with Gasteiger partial charge in [0, 0.05) is 0 Å². The fraction of sp³-hybridized carbons (Fsp3) is 0.500. The van der Waals surface area contributed by atoms with Gasteiger partial charge in [-0.05, 0) is 38.8 Å². The molecular weight excluding hydrogens is 322 g/mol. The molecule has 0 spiro atoms. The highest BCUT2D eigenvalue weighted by atomic mass is 16.6. The van der Waals surface area contributed by atoms with Crippen molar-refractivity contribution in [1.29, 1.82) is 0 Å². The fourth-order valence-corrected chi connectivity index (χ4v) is 2.75. The number of nitrogens with two attached hydrogens (primary N) is 1. The number of carbonyl (C=O) groups is 2. The maximum Gasteiger partial charge on any atom is 0.411 e. The lowest BCUT2D eigenvalue weighted by molar-refractivity contribution is -0.125. The molecule has 1 aromatic carbocycles. The Morgan fingerprint density at radius 3 is 2.32 bits per heavy atom. The molecule has 0 aliphatic rings. The van der Waals surface area contributed by atoms with Crippen molar-refractivity contribution in [2.75, 3.05) is 0 Å². The zero-order valence-electron chi connectivity index (χ0n) is 15.2. The molecule has 1 unspecified atom stereocenters. The number of hydrogen-bond acceptors (Lipinski definition) is 5. The van der Waals surface area contributed by atoms with Gasteiger partial charge < -0.3 is 14.9 Å². The number of ether oxygens (including phenoxy) is 1. The number of amides is 2. The third kappa shape index (κ3) is 4.10. The molecule has 0 radical (unpaired) electrons. The maximum atomic E-state index is 12.7. The molecular formula is C18H25N3O4. The van der Waals surface area contributed by atoms with Crippen LogP contribution in [0.2, 0.25) is 0 Å². The minimum Gasteiger partial charge on any atom is -0.447 e. The van der Waals surface area contributed by atoms with Crippen LogP contribution in [0.5, 0.6) is 0 Å². The quantitative estimate of drug-likeness (QED) is 0.865. The molecule has 0 bridgehead atoms. The molecule has 0 saturated carbocycles. The summed E-state index contributed by atoms with van der Waals surface area (Å²) in [4.78, 5) is 30.4. The molecule has 25 heavy (non-hydrogen) atoms. The zero-order valence-corrected chi connectivity index (χ0v) is 15.2. The van der Waals surface area contributed by atoms with Crippen LogP contribution in [0.25, 0.3) is 11.1 Å². The number of aromatic nitrogens is 1. The van der Waals surface area contributed by atoms with E-state index in [9.17, 15) is 9.59 Å². The highest BCUT2D eigenvalue weighted by molar-refractivity contribution is 5.85. The van der Waals surface area contributed by atoms with Crippen molar-refractivity contribution in [2.45, 2.75) is 52.8 Å². The van der Waals surface area contributed by atoms with Gasteiger partial charge in [-0.25, -0.2) is 9.78 Å². The summed E-state index contributed by atoms with van der Waals surface area (Å²) in [6.45, 7) is 8.88. The van der Waals surface area contributed by atoms with Gasteiger partial charge in [0.2, 0.25) is 11.8 Å². The number of rotatable bonds is 6. The molecule has 2 amide bonds. The summed E-state index contributed by atoms with van der Waals surface area (Å²) in [7, 11) is 0. The third-order valence-electron chi connectivity index (χ3n) is 3.86. The first-order chi connectivity index (χ1) is 11.7. The van der Waals surface area contributed by atoms with Gasteiger partial charge in [0.1, 0.15) is 17.6 Å². The van der Waals surface area contributed by atoms with Crippen molar-refractivity contribution in [2.24, 2.45) is 11.7 Å². The van der Waals surface area contributed by atoms with Crippen molar-refractivity contribution in [3.63, 3.8) is 0 Å². The van der Waals surface area contributed by atoms with Crippen LogP contribution in [0.15, 0.2) is 28.7 Å². The van der Waals surface area contributed by atoms with Crippen LogP contribution in [0.3, 0.4) is 0 Å². The Labute approximate surface area is 147 Å². The van der Waals surface area contributed by atoms with Crippen LogP contribution in [-0.2, 0) is 9.53 Å². The van der Waals surface area contributed by atoms with Gasteiger partial charge in [-0.1, -0.05) is 26.0 Å². The Kier molecular flexibility index (Phi) is 5.66. The largest absolute Gasteiger partial charge is 0.447 e. The number of oxazole rings is 1. The highest BCUT2D eigenvalue weighted by Gasteiger charge is 2.38. The molecule has 1 aromatic heterocycles. The Balaban J connectivity index is 2.45. The molecule has 1 heterocycles. The molecule has 2 atom stereocenters. The van der Waals surface area contributed by atoms with Crippen molar-refractivity contribution in [3.05, 3.63) is 30.2 Å². The Morgan fingerprint density at radius 2 is 1.80 bits per heavy atom. The van der Waals surface area contributed by atoms with Gasteiger partial charge in [0.25, 0.3) is 0 Å². The lowest BCUT2D eigenvalue weighted by atomic mass is 10.0. The van der Waals surface area contributed by atoms with Gasteiger partial charge in [0.15, 0.2) is 5.58 Å². The third-order valence-corrected chi connectivity index (χ3v) is 3.86. The SMILES string of the molecule is CC(C)OC(=O)N(C(C)c1nc2ccccc2o1)[C@H](C(N)=O)C(C)C. The second-order valence-corrected chi connectivity index (χ2v) is 6.63. The normalized spacial score (nSPS) is 13.9. The van der Waals surface area contributed by atoms with E-state index in [0.29, 0.717) is 17.0 Å². The second-order valence-electron chi connectivity index (χ2n) is 6.63. The summed E-state index contributed by atoms with van der Waals surface area (Å²) >= 11 is 0. The van der Waals surface area contributed by atoms with E-state index >= 15 is 0 Å². The summed E-state index contributed by atoms with van der Waals surface area (Å²) in [6.07, 6.45) is -0.950. The first-order valence-corrected chi connectivity index (χ1v) is 8.36. The number of carbonyl (C=O) groups excluding carboxylic acids is 2. The van der Waals surface area contributed by atoms with Gasteiger partial charge >= 0.3 is 6.09 Å². The molecule has 136 valence electrons. The molecule has 0 saturated heterocycles. The van der Waals surface area contributed by atoms with Gasteiger partial charge in [-0.15, -0.1) is 0 Å². The second kappa shape index (κ2) is 7.55. The average Bonchev–Trinajstić information content (AvgIpc) is 2.94. The van der Waals surface area contributed by atoms with E-state index < -0.39 is 24.1 Å². The van der Waals surface area contributed by atoms with Crippen molar-refractivity contribution < 1.29 is 18.7 Å². The topological polar surface area (TPSA) is 98.7 Å². The van der Waals surface area contributed by atoms with E-state index in [-0.39, 0.29) is 12.0 Å². The summed E-state index contributed by atoms with van der Waals surface area (Å²) in [6, 6.07) is 5.86. The van der Waals surface area contributed by atoms with E-state index in [1.165, 1.54) is 4.90 Å². The van der Waals surface area contributed by atoms with Gasteiger partial charge in [-0.3, -0.25) is 9.69 Å². The minimum atomic E-state index is -0.837. The monoisotopic (exact) mass is 347 g/mol. The molecule has 0 aliphatic carbocycles. The Hall–Kier alpha value is -2.57. The summed E-state index contributed by atoms with van der Waals surface area (Å²) < 4.78 is 11.1. The Morgan fingerprint density at radius 1 is 1.16 bits per heavy atom. The highest BCUT2D eigenvalue weighted by Crippen LogP contribution is 2.28. The molecule has 7 heteroatoms. The molecule has 7 nitrogen and oxygen atoms in total. The zero-order chi connectivity index (χ0) is 18.7. The van der Waals surface area contributed by atoms with Crippen LogP contribution < -0.4 is 5.73 Å². The first kappa shape index (κ1) is 18.8. The Bertz CT molecular complexity index is 721. The van der Waals surface area contributed by atoms with Crippen molar-refractivity contribution in [1.82, 2.24) is 9.88 Å². The predicted molar refractivity (Wildman–Crippen MR) is 93.7 cm³/mol. The smallest absolute Gasteiger partial charge is 0.411 e. The van der Waals surface area contributed by atoms with Gasteiger partial charge in [-0.2, -0.15) is 0 Å².